The van der Waals surface area contributed by atoms with E-state index in [1.165, 1.54) is 25.0 Å². The van der Waals surface area contributed by atoms with Crippen LogP contribution in [0.25, 0.3) is 11.0 Å². The van der Waals surface area contributed by atoms with Gasteiger partial charge in [-0.1, -0.05) is 38.3 Å². The summed E-state index contributed by atoms with van der Waals surface area (Å²) in [5.74, 6) is 1.06. The predicted octanol–water partition coefficient (Wildman–Crippen LogP) is 6.25. The molecule has 5 nitrogen and oxygen atoms in total. The fraction of sp³-hybridized carbons (Fsp3) is 0.440. The number of rotatable bonds is 7. The first-order valence-electron chi connectivity index (χ1n) is 11.2. The molecular weight excluding hydrogens is 429 g/mol. The van der Waals surface area contributed by atoms with E-state index in [-0.39, 0.29) is 17.6 Å². The number of aromatic nitrogens is 2. The number of amides is 1. The van der Waals surface area contributed by atoms with Crippen molar-refractivity contribution in [3.8, 4) is 5.75 Å². The second kappa shape index (κ2) is 9.49. The molecule has 0 saturated heterocycles. The summed E-state index contributed by atoms with van der Waals surface area (Å²) in [6.45, 7) is 5.03. The number of hydrogen-bond acceptors (Lipinski definition) is 3. The van der Waals surface area contributed by atoms with Crippen LogP contribution in [-0.4, -0.2) is 34.0 Å². The zero-order valence-electron chi connectivity index (χ0n) is 18.8. The number of fused-ring (bicyclic) bond motifs is 1. The number of hydrogen-bond donors (Lipinski definition) is 0. The van der Waals surface area contributed by atoms with Crippen LogP contribution < -0.4 is 4.74 Å². The minimum atomic E-state index is -0.307. The van der Waals surface area contributed by atoms with Crippen molar-refractivity contribution in [2.45, 2.75) is 52.1 Å². The Morgan fingerprint density at radius 3 is 2.69 bits per heavy atom. The van der Waals surface area contributed by atoms with Gasteiger partial charge in [-0.3, -0.25) is 4.79 Å². The van der Waals surface area contributed by atoms with Crippen LogP contribution in [0, 0.1) is 11.7 Å². The monoisotopic (exact) mass is 457 g/mol. The van der Waals surface area contributed by atoms with E-state index in [4.69, 9.17) is 21.3 Å². The van der Waals surface area contributed by atoms with Gasteiger partial charge in [-0.25, -0.2) is 9.37 Å². The molecule has 7 heteroatoms. The van der Waals surface area contributed by atoms with E-state index in [0.29, 0.717) is 41.0 Å². The summed E-state index contributed by atoms with van der Waals surface area (Å²) in [5, 5.41) is 0.479. The molecule has 0 aliphatic heterocycles. The Balaban J connectivity index is 1.76. The van der Waals surface area contributed by atoms with Gasteiger partial charge in [0.1, 0.15) is 17.4 Å². The summed E-state index contributed by atoms with van der Waals surface area (Å²) in [5.41, 5.74) is 1.98. The van der Waals surface area contributed by atoms with Crippen molar-refractivity contribution in [2.75, 3.05) is 13.7 Å². The molecule has 170 valence electrons. The Morgan fingerprint density at radius 1 is 1.25 bits per heavy atom. The maximum atomic E-state index is 13.9. The number of nitrogens with zero attached hydrogens (tertiary/aromatic N) is 3. The SMILES string of the molecule is COc1ccc(Cl)cc1C(=O)N(Cc1nc2cc(F)ccc2n1C1CCCC1)CC(C)C. The lowest BCUT2D eigenvalue weighted by Crippen LogP contribution is -2.35. The molecule has 1 heterocycles. The molecule has 1 fully saturated rings. The molecule has 0 N–H and O–H groups in total. The fourth-order valence-electron chi connectivity index (χ4n) is 4.65. The molecule has 2 aromatic carbocycles. The van der Waals surface area contributed by atoms with Gasteiger partial charge in [-0.05, 0) is 49.1 Å². The lowest BCUT2D eigenvalue weighted by Gasteiger charge is -2.26. The maximum Gasteiger partial charge on any atom is 0.258 e. The van der Waals surface area contributed by atoms with Gasteiger partial charge in [0, 0.05) is 23.7 Å². The quantitative estimate of drug-likeness (QED) is 0.421. The van der Waals surface area contributed by atoms with E-state index < -0.39 is 0 Å². The molecule has 32 heavy (non-hydrogen) atoms. The van der Waals surface area contributed by atoms with Crippen molar-refractivity contribution in [1.29, 1.82) is 0 Å². The summed E-state index contributed by atoms with van der Waals surface area (Å²) in [7, 11) is 1.54. The highest BCUT2D eigenvalue weighted by atomic mass is 35.5. The molecule has 1 aliphatic rings. The maximum absolute atomic E-state index is 13.9. The molecule has 1 aliphatic carbocycles. The zero-order chi connectivity index (χ0) is 22.8. The summed E-state index contributed by atoms with van der Waals surface area (Å²) in [4.78, 5) is 20.2. The number of carbonyl (C=O) groups is 1. The molecular formula is C25H29ClFN3O2. The average Bonchev–Trinajstić information content (AvgIpc) is 3.39. The van der Waals surface area contributed by atoms with Gasteiger partial charge in [0.25, 0.3) is 5.91 Å². The standard InChI is InChI=1S/C25H29ClFN3O2/c1-16(2)14-29(25(31)20-12-17(26)8-11-23(20)32-3)15-24-28-21-13-18(27)9-10-22(21)30(24)19-6-4-5-7-19/h8-13,16,19H,4-7,14-15H2,1-3H3. The molecule has 1 amide bonds. The molecule has 0 unspecified atom stereocenters. The van der Waals surface area contributed by atoms with Crippen molar-refractivity contribution in [2.24, 2.45) is 5.92 Å². The number of carbonyl (C=O) groups excluding carboxylic acids is 1. The highest BCUT2D eigenvalue weighted by molar-refractivity contribution is 6.31. The summed E-state index contributed by atoms with van der Waals surface area (Å²) >= 11 is 6.19. The first-order chi connectivity index (χ1) is 15.4. The first kappa shape index (κ1) is 22.6. The van der Waals surface area contributed by atoms with Crippen LogP contribution in [0.2, 0.25) is 5.02 Å². The minimum absolute atomic E-state index is 0.158. The molecule has 0 bridgehead atoms. The largest absolute Gasteiger partial charge is 0.496 e. The van der Waals surface area contributed by atoms with Gasteiger partial charge in [-0.15, -0.1) is 0 Å². The average molecular weight is 458 g/mol. The van der Waals surface area contributed by atoms with Crippen molar-refractivity contribution >= 4 is 28.5 Å². The van der Waals surface area contributed by atoms with Gasteiger partial charge in [0.05, 0.1) is 30.3 Å². The Morgan fingerprint density at radius 2 is 2.00 bits per heavy atom. The van der Waals surface area contributed by atoms with Crippen LogP contribution in [0.3, 0.4) is 0 Å². The third-order valence-corrected chi connectivity index (χ3v) is 6.25. The van der Waals surface area contributed by atoms with E-state index in [2.05, 4.69) is 18.4 Å². The van der Waals surface area contributed by atoms with E-state index in [1.54, 1.807) is 36.3 Å². The van der Waals surface area contributed by atoms with Gasteiger partial charge in [0.2, 0.25) is 0 Å². The molecule has 0 spiro atoms. The molecule has 3 aromatic rings. The lowest BCUT2D eigenvalue weighted by molar-refractivity contribution is 0.0712. The number of imidazole rings is 1. The third kappa shape index (κ3) is 4.60. The zero-order valence-corrected chi connectivity index (χ0v) is 19.5. The number of halogens is 2. The van der Waals surface area contributed by atoms with Crippen LogP contribution in [0.5, 0.6) is 5.75 Å². The second-order valence-electron chi connectivity index (χ2n) is 8.89. The summed E-state index contributed by atoms with van der Waals surface area (Å²) in [6, 6.07) is 10.1. The summed E-state index contributed by atoms with van der Waals surface area (Å²) < 4.78 is 21.6. The summed E-state index contributed by atoms with van der Waals surface area (Å²) in [6.07, 6.45) is 4.46. The van der Waals surface area contributed by atoms with E-state index in [1.807, 2.05) is 0 Å². The van der Waals surface area contributed by atoms with Gasteiger partial charge in [-0.2, -0.15) is 0 Å². The van der Waals surface area contributed by atoms with Crippen LogP contribution in [0.1, 0.15) is 61.8 Å². The van der Waals surface area contributed by atoms with Crippen LogP contribution >= 0.6 is 11.6 Å². The smallest absolute Gasteiger partial charge is 0.258 e. The minimum Gasteiger partial charge on any atom is -0.496 e. The van der Waals surface area contributed by atoms with Crippen molar-refractivity contribution < 1.29 is 13.9 Å². The van der Waals surface area contributed by atoms with Gasteiger partial charge < -0.3 is 14.2 Å². The second-order valence-corrected chi connectivity index (χ2v) is 9.33. The third-order valence-electron chi connectivity index (χ3n) is 6.01. The molecule has 0 radical (unpaired) electrons. The van der Waals surface area contributed by atoms with Crippen LogP contribution in [-0.2, 0) is 6.54 Å². The highest BCUT2D eigenvalue weighted by Crippen LogP contribution is 2.34. The Labute approximate surface area is 193 Å². The van der Waals surface area contributed by atoms with Gasteiger partial charge in [0.15, 0.2) is 0 Å². The Bertz CT molecular complexity index is 1120. The fourth-order valence-corrected chi connectivity index (χ4v) is 4.82. The Kier molecular flexibility index (Phi) is 6.70. The Hall–Kier alpha value is -2.60. The van der Waals surface area contributed by atoms with Crippen molar-refractivity contribution in [3.63, 3.8) is 0 Å². The molecule has 0 atom stereocenters. The van der Waals surface area contributed by atoms with E-state index in [9.17, 15) is 9.18 Å². The topological polar surface area (TPSA) is 47.4 Å². The normalized spacial score (nSPS) is 14.4. The lowest BCUT2D eigenvalue weighted by atomic mass is 10.1. The van der Waals surface area contributed by atoms with Crippen LogP contribution in [0.15, 0.2) is 36.4 Å². The number of methoxy groups -OCH3 is 1. The van der Waals surface area contributed by atoms with Crippen molar-refractivity contribution in [1.82, 2.24) is 14.5 Å². The van der Waals surface area contributed by atoms with E-state index in [0.717, 1.165) is 24.2 Å². The van der Waals surface area contributed by atoms with Crippen LogP contribution in [0.4, 0.5) is 4.39 Å². The number of benzene rings is 2. The van der Waals surface area contributed by atoms with Gasteiger partial charge >= 0.3 is 0 Å². The molecule has 1 saturated carbocycles. The van der Waals surface area contributed by atoms with Crippen molar-refractivity contribution in [3.05, 3.63) is 58.6 Å². The molecule has 1 aromatic heterocycles. The molecule has 4 rings (SSSR count). The highest BCUT2D eigenvalue weighted by Gasteiger charge is 2.27. The number of ether oxygens (including phenoxy) is 1. The predicted molar refractivity (Wildman–Crippen MR) is 125 cm³/mol. The first-order valence-corrected chi connectivity index (χ1v) is 11.5. The van der Waals surface area contributed by atoms with E-state index >= 15 is 0 Å².